The predicted octanol–water partition coefficient (Wildman–Crippen LogP) is 17.1. The van der Waals surface area contributed by atoms with Crippen LogP contribution in [0.15, 0.2) is 128 Å². The third-order valence-electron chi connectivity index (χ3n) is 13.3. The summed E-state index contributed by atoms with van der Waals surface area (Å²) >= 11 is 0. The van der Waals surface area contributed by atoms with Gasteiger partial charge >= 0.3 is 0 Å². The molecule has 68 heavy (non-hydrogen) atoms. The van der Waals surface area contributed by atoms with E-state index in [1.807, 2.05) is 24.4 Å². The molecule has 0 N–H and O–H groups in total. The second-order valence-corrected chi connectivity index (χ2v) is 23.7. The van der Waals surface area contributed by atoms with Gasteiger partial charge in [0.2, 0.25) is 0 Å². The van der Waals surface area contributed by atoms with Crippen molar-refractivity contribution >= 4 is 44.6 Å². The molecule has 0 saturated heterocycles. The van der Waals surface area contributed by atoms with Crippen molar-refractivity contribution in [3.63, 3.8) is 0 Å². The molecule has 0 aliphatic carbocycles. The van der Waals surface area contributed by atoms with Crippen molar-refractivity contribution in [3.8, 4) is 28.4 Å². The van der Waals surface area contributed by atoms with E-state index >= 15 is 0 Å². The predicted molar refractivity (Wildman–Crippen MR) is 283 cm³/mol. The standard InChI is InChI=1S/C62H67N4O.Pt/c1-58(2,3)42-21-19-40(20-22-42)41-31-46(62(13,14)15)33-48(32-41)65-39-64(53-28-24-44(35-56(53)65)60(7,8)9)47-17-16-18-49(37-47)67-50-25-27-52-51-26-23-43(59(4,5)6)34-54(51)66(55(52)38-50)57-36-45(29-30-63-57)61(10,11)12;/h16-36,39H,1-15H3;/q-3;. The van der Waals surface area contributed by atoms with E-state index in [0.29, 0.717) is 11.5 Å². The van der Waals surface area contributed by atoms with Crippen LogP contribution in [-0.4, -0.2) is 9.55 Å². The van der Waals surface area contributed by atoms with Crippen LogP contribution in [-0.2, 0) is 48.1 Å². The Morgan fingerprint density at radius 3 is 1.72 bits per heavy atom. The minimum absolute atomic E-state index is 0. The Balaban J connectivity index is 0.00000625. The zero-order valence-corrected chi connectivity index (χ0v) is 45.0. The number of anilines is 4. The molecule has 8 aromatic rings. The summed E-state index contributed by atoms with van der Waals surface area (Å²) in [5.74, 6) is 2.08. The molecule has 1 aliphatic rings. The fraction of sp³-hybridized carbons (Fsp3) is 0.323. The number of ether oxygens (including phenoxy) is 1. The fourth-order valence-electron chi connectivity index (χ4n) is 8.98. The van der Waals surface area contributed by atoms with Crippen LogP contribution >= 0.6 is 0 Å². The van der Waals surface area contributed by atoms with Crippen LogP contribution < -0.4 is 14.5 Å². The van der Waals surface area contributed by atoms with E-state index in [1.54, 1.807) is 0 Å². The van der Waals surface area contributed by atoms with Gasteiger partial charge in [-0.1, -0.05) is 158 Å². The van der Waals surface area contributed by atoms with Gasteiger partial charge in [0.05, 0.1) is 0 Å². The van der Waals surface area contributed by atoms with E-state index in [4.69, 9.17) is 9.72 Å². The van der Waals surface area contributed by atoms with E-state index in [2.05, 4.69) is 240 Å². The monoisotopic (exact) mass is 1080 g/mol. The largest absolute Gasteiger partial charge is 0.509 e. The first-order valence-electron chi connectivity index (χ1n) is 23.9. The van der Waals surface area contributed by atoms with Crippen LogP contribution in [0.3, 0.4) is 0 Å². The zero-order chi connectivity index (χ0) is 48.0. The van der Waals surface area contributed by atoms with Gasteiger partial charge in [0.25, 0.3) is 0 Å². The van der Waals surface area contributed by atoms with Gasteiger partial charge in [0, 0.05) is 61.3 Å². The Bertz CT molecular complexity index is 3160. The molecular formula is C62H67N4OPt-3. The van der Waals surface area contributed by atoms with Crippen molar-refractivity contribution in [2.24, 2.45) is 0 Å². The molecule has 0 spiro atoms. The Kier molecular flexibility index (Phi) is 12.5. The van der Waals surface area contributed by atoms with Gasteiger partial charge < -0.3 is 19.1 Å². The number of hydrogen-bond acceptors (Lipinski definition) is 4. The number of fused-ring (bicyclic) bond motifs is 4. The maximum atomic E-state index is 6.74. The summed E-state index contributed by atoms with van der Waals surface area (Å²) in [4.78, 5) is 9.54. The summed E-state index contributed by atoms with van der Waals surface area (Å²) in [6.45, 7) is 36.2. The third kappa shape index (κ3) is 9.53. The van der Waals surface area contributed by atoms with Crippen LogP contribution in [0.4, 0.5) is 22.7 Å². The second-order valence-electron chi connectivity index (χ2n) is 23.7. The topological polar surface area (TPSA) is 33.5 Å². The van der Waals surface area contributed by atoms with E-state index in [0.717, 1.165) is 50.4 Å². The summed E-state index contributed by atoms with van der Waals surface area (Å²) in [6.07, 6.45) is 1.92. The van der Waals surface area contributed by atoms with Gasteiger partial charge in [-0.05, 0) is 114 Å². The molecule has 9 rings (SSSR count). The molecule has 5 nitrogen and oxygen atoms in total. The first-order chi connectivity index (χ1) is 31.3. The van der Waals surface area contributed by atoms with Crippen molar-refractivity contribution in [1.82, 2.24) is 9.55 Å². The van der Waals surface area contributed by atoms with Gasteiger partial charge in [-0.3, -0.25) is 0 Å². The molecule has 0 unspecified atom stereocenters. The van der Waals surface area contributed by atoms with Crippen LogP contribution in [0, 0.1) is 18.8 Å². The smallest absolute Gasteiger partial charge is 0.135 e. The Morgan fingerprint density at radius 1 is 0.471 bits per heavy atom. The maximum absolute atomic E-state index is 6.74. The number of pyridine rings is 1. The second kappa shape index (κ2) is 17.4. The average molecular weight is 1080 g/mol. The number of hydrogen-bond donors (Lipinski definition) is 0. The molecule has 0 fully saturated rings. The maximum Gasteiger partial charge on any atom is 0.135 e. The molecule has 1 aliphatic heterocycles. The van der Waals surface area contributed by atoms with Gasteiger partial charge in [-0.25, -0.2) is 4.98 Å². The molecule has 6 heteroatoms. The number of rotatable bonds is 6. The number of benzene rings is 6. The summed E-state index contributed by atoms with van der Waals surface area (Å²) in [5, 5.41) is 2.26. The first-order valence-corrected chi connectivity index (χ1v) is 23.9. The van der Waals surface area contributed by atoms with Crippen molar-refractivity contribution in [1.29, 1.82) is 0 Å². The molecule has 0 saturated carbocycles. The molecule has 3 heterocycles. The fourth-order valence-corrected chi connectivity index (χ4v) is 8.98. The molecule has 0 radical (unpaired) electrons. The number of aromatic nitrogens is 2. The van der Waals surface area contributed by atoms with Gasteiger partial charge in [-0.15, -0.1) is 48.1 Å². The molecule has 2 aromatic heterocycles. The van der Waals surface area contributed by atoms with Crippen LogP contribution in [0.5, 0.6) is 11.5 Å². The Labute approximate surface area is 420 Å². The van der Waals surface area contributed by atoms with Crippen LogP contribution in [0.1, 0.15) is 132 Å². The zero-order valence-electron chi connectivity index (χ0n) is 42.7. The molecular weight excluding hydrogens is 1010 g/mol. The summed E-state index contributed by atoms with van der Waals surface area (Å²) in [6, 6.07) is 51.8. The summed E-state index contributed by atoms with van der Waals surface area (Å²) < 4.78 is 8.99. The van der Waals surface area contributed by atoms with Gasteiger partial charge in [-0.2, -0.15) is 12.1 Å². The van der Waals surface area contributed by atoms with Crippen LogP contribution in [0.25, 0.3) is 38.8 Å². The Morgan fingerprint density at radius 2 is 1.06 bits per heavy atom. The van der Waals surface area contributed by atoms with Crippen LogP contribution in [0.2, 0.25) is 0 Å². The normalized spacial score (nSPS) is 13.6. The summed E-state index contributed by atoms with van der Waals surface area (Å²) in [5.41, 5.74) is 14.9. The Hall–Kier alpha value is -5.64. The van der Waals surface area contributed by atoms with E-state index < -0.39 is 0 Å². The number of nitrogens with zero attached hydrogens (tertiary/aromatic N) is 4. The molecule has 354 valence electrons. The van der Waals surface area contributed by atoms with E-state index in [1.165, 1.54) is 38.9 Å². The average Bonchev–Trinajstić information content (AvgIpc) is 3.80. The SMILES string of the molecule is CC(C)(C)c1ccc(-c2cc(N3[CH-]N(c4[c-]c(Oc5[c-]c6c(cc5)c5ccc(C(C)(C)C)cc5n6-c5cc(C(C)(C)C)ccn5)ccc4)c4ccc(C(C)(C)C)cc43)cc(C(C)(C)C)c2)cc1.[Pt]. The quantitative estimate of drug-likeness (QED) is 0.155. The first kappa shape index (κ1) is 48.8. The molecule has 0 atom stereocenters. The van der Waals surface area contributed by atoms with Crippen molar-refractivity contribution in [2.45, 2.75) is 131 Å². The molecule has 0 amide bonds. The van der Waals surface area contributed by atoms with Crippen molar-refractivity contribution in [3.05, 3.63) is 174 Å². The molecule has 0 bridgehead atoms. The molecule has 6 aromatic carbocycles. The van der Waals surface area contributed by atoms with Gasteiger partial charge in [0.1, 0.15) is 5.82 Å². The van der Waals surface area contributed by atoms with E-state index in [9.17, 15) is 0 Å². The summed E-state index contributed by atoms with van der Waals surface area (Å²) in [7, 11) is 0. The van der Waals surface area contributed by atoms with Crippen molar-refractivity contribution in [2.75, 3.05) is 9.80 Å². The third-order valence-corrected chi connectivity index (χ3v) is 13.3. The van der Waals surface area contributed by atoms with E-state index in [-0.39, 0.29) is 48.1 Å². The minimum atomic E-state index is -0.0677. The van der Waals surface area contributed by atoms with Crippen molar-refractivity contribution < 1.29 is 25.8 Å². The van der Waals surface area contributed by atoms with Gasteiger partial charge in [0.15, 0.2) is 0 Å². The minimum Gasteiger partial charge on any atom is -0.509 e.